The van der Waals surface area contributed by atoms with Crippen LogP contribution in [0.15, 0.2) is 0 Å². The van der Waals surface area contributed by atoms with Crippen molar-refractivity contribution in [2.75, 3.05) is 13.7 Å². The Morgan fingerprint density at radius 3 is 2.26 bits per heavy atom. The van der Waals surface area contributed by atoms with Gasteiger partial charge in [-0.1, -0.05) is 0 Å². The van der Waals surface area contributed by atoms with Crippen LogP contribution in [0.25, 0.3) is 0 Å². The van der Waals surface area contributed by atoms with E-state index in [9.17, 15) is 14.4 Å². The predicted molar refractivity (Wildman–Crippen MR) is 65.9 cm³/mol. The van der Waals surface area contributed by atoms with Gasteiger partial charge in [0.25, 0.3) is 0 Å². The summed E-state index contributed by atoms with van der Waals surface area (Å²) in [7, 11) is 1.48. The highest BCUT2D eigenvalue weighted by Gasteiger charge is 2.25. The third kappa shape index (κ3) is 7.98. The summed E-state index contributed by atoms with van der Waals surface area (Å²) in [6.45, 7) is 3.68. The van der Waals surface area contributed by atoms with Crippen molar-refractivity contribution in [1.82, 2.24) is 10.6 Å². The van der Waals surface area contributed by atoms with Gasteiger partial charge in [-0.2, -0.15) is 0 Å². The standard InChI is InChI=1S/C11H20N2O6/c1-11(2,6-19-3)13-10(18)12-7(9(16)17)4-5-8(14)15/h7H,4-6H2,1-3H3,(H,14,15)(H,16,17)(H2,12,13,18). The first kappa shape index (κ1) is 17.2. The Balaban J connectivity index is 4.39. The normalized spacial score (nSPS) is 12.6. The molecule has 110 valence electrons. The summed E-state index contributed by atoms with van der Waals surface area (Å²) < 4.78 is 4.90. The largest absolute Gasteiger partial charge is 0.481 e. The number of carboxylic acids is 2. The van der Waals surface area contributed by atoms with Crippen LogP contribution in [0.2, 0.25) is 0 Å². The van der Waals surface area contributed by atoms with Crippen LogP contribution in [0.5, 0.6) is 0 Å². The fourth-order valence-corrected chi connectivity index (χ4v) is 1.42. The second kappa shape index (κ2) is 7.57. The highest BCUT2D eigenvalue weighted by molar-refractivity contribution is 5.83. The molecule has 0 rings (SSSR count). The van der Waals surface area contributed by atoms with Crippen LogP contribution in [-0.4, -0.2) is 53.5 Å². The van der Waals surface area contributed by atoms with Crippen LogP contribution in [0, 0.1) is 0 Å². The van der Waals surface area contributed by atoms with Gasteiger partial charge in [0.2, 0.25) is 0 Å². The Kier molecular flexibility index (Phi) is 6.84. The van der Waals surface area contributed by atoms with Crippen molar-refractivity contribution in [2.24, 2.45) is 0 Å². The highest BCUT2D eigenvalue weighted by atomic mass is 16.5. The molecular weight excluding hydrogens is 256 g/mol. The summed E-state index contributed by atoms with van der Waals surface area (Å²) in [6, 6.07) is -1.92. The minimum atomic E-state index is -1.28. The monoisotopic (exact) mass is 276 g/mol. The minimum Gasteiger partial charge on any atom is -0.481 e. The van der Waals surface area contributed by atoms with E-state index in [4.69, 9.17) is 14.9 Å². The quantitative estimate of drug-likeness (QED) is 0.495. The molecule has 0 radical (unpaired) electrons. The third-order valence-electron chi connectivity index (χ3n) is 2.21. The van der Waals surface area contributed by atoms with Crippen molar-refractivity contribution in [3.63, 3.8) is 0 Å². The van der Waals surface area contributed by atoms with E-state index in [1.54, 1.807) is 13.8 Å². The van der Waals surface area contributed by atoms with Gasteiger partial charge in [-0.05, 0) is 20.3 Å². The van der Waals surface area contributed by atoms with Crippen LogP contribution in [0.4, 0.5) is 4.79 Å². The number of ether oxygens (including phenoxy) is 1. The lowest BCUT2D eigenvalue weighted by Crippen LogP contribution is -2.54. The van der Waals surface area contributed by atoms with Crippen LogP contribution in [0.1, 0.15) is 26.7 Å². The first-order valence-electron chi connectivity index (χ1n) is 5.70. The zero-order valence-electron chi connectivity index (χ0n) is 11.2. The molecule has 0 saturated heterocycles. The first-order valence-corrected chi connectivity index (χ1v) is 5.70. The van der Waals surface area contributed by atoms with Gasteiger partial charge in [0.05, 0.1) is 12.1 Å². The number of aliphatic carboxylic acids is 2. The number of hydrogen-bond acceptors (Lipinski definition) is 4. The van der Waals surface area contributed by atoms with Crippen molar-refractivity contribution in [2.45, 2.75) is 38.3 Å². The van der Waals surface area contributed by atoms with Crippen LogP contribution < -0.4 is 10.6 Å². The molecule has 8 heteroatoms. The van der Waals surface area contributed by atoms with Crippen molar-refractivity contribution < 1.29 is 29.3 Å². The van der Waals surface area contributed by atoms with Gasteiger partial charge in [-0.3, -0.25) is 4.79 Å². The molecule has 1 atom stereocenters. The van der Waals surface area contributed by atoms with Crippen molar-refractivity contribution >= 4 is 18.0 Å². The fraction of sp³-hybridized carbons (Fsp3) is 0.727. The Morgan fingerprint density at radius 1 is 1.26 bits per heavy atom. The lowest BCUT2D eigenvalue weighted by atomic mass is 10.1. The van der Waals surface area contributed by atoms with Crippen molar-refractivity contribution in [3.05, 3.63) is 0 Å². The number of nitrogens with one attached hydrogen (secondary N) is 2. The van der Waals surface area contributed by atoms with Gasteiger partial charge in [0, 0.05) is 13.5 Å². The predicted octanol–water partition coefficient (Wildman–Crippen LogP) is 0.0286. The lowest BCUT2D eigenvalue weighted by Gasteiger charge is -2.26. The van der Waals surface area contributed by atoms with E-state index in [0.29, 0.717) is 0 Å². The molecule has 2 amide bonds. The van der Waals surface area contributed by atoms with E-state index >= 15 is 0 Å². The van der Waals surface area contributed by atoms with Crippen LogP contribution in [-0.2, 0) is 14.3 Å². The van der Waals surface area contributed by atoms with Crippen LogP contribution in [0.3, 0.4) is 0 Å². The number of urea groups is 1. The number of carbonyl (C=O) groups excluding carboxylic acids is 1. The molecule has 0 aromatic heterocycles. The Labute approximate surface area is 111 Å². The van der Waals surface area contributed by atoms with Gasteiger partial charge in [-0.15, -0.1) is 0 Å². The van der Waals surface area contributed by atoms with E-state index in [2.05, 4.69) is 10.6 Å². The Morgan fingerprint density at radius 2 is 1.84 bits per heavy atom. The second-order valence-electron chi connectivity index (χ2n) is 4.74. The minimum absolute atomic E-state index is 0.178. The van der Waals surface area contributed by atoms with Gasteiger partial charge in [-0.25, -0.2) is 9.59 Å². The molecule has 4 N–H and O–H groups in total. The molecule has 0 bridgehead atoms. The van der Waals surface area contributed by atoms with E-state index in [1.807, 2.05) is 0 Å². The number of carbonyl (C=O) groups is 3. The molecule has 0 fully saturated rings. The van der Waals surface area contributed by atoms with E-state index in [0.717, 1.165) is 0 Å². The number of methoxy groups -OCH3 is 1. The summed E-state index contributed by atoms with van der Waals surface area (Å²) >= 11 is 0. The zero-order chi connectivity index (χ0) is 15.1. The van der Waals surface area contributed by atoms with Gasteiger partial charge >= 0.3 is 18.0 Å². The molecular formula is C11H20N2O6. The van der Waals surface area contributed by atoms with E-state index < -0.39 is 29.6 Å². The molecule has 0 heterocycles. The first-order chi connectivity index (χ1) is 8.68. The summed E-state index contributed by atoms with van der Waals surface area (Å²) in [5.41, 5.74) is -0.658. The number of amides is 2. The SMILES string of the molecule is COCC(C)(C)NC(=O)NC(CCC(=O)O)C(=O)O. The van der Waals surface area contributed by atoms with Gasteiger partial charge in [0.1, 0.15) is 6.04 Å². The van der Waals surface area contributed by atoms with E-state index in [1.165, 1.54) is 7.11 Å². The number of hydrogen-bond donors (Lipinski definition) is 4. The van der Waals surface area contributed by atoms with Crippen LogP contribution >= 0.6 is 0 Å². The molecule has 0 aliphatic heterocycles. The summed E-state index contributed by atoms with van der Waals surface area (Å²) in [4.78, 5) is 32.9. The van der Waals surface area contributed by atoms with E-state index in [-0.39, 0.29) is 19.4 Å². The number of rotatable bonds is 8. The highest BCUT2D eigenvalue weighted by Crippen LogP contribution is 2.03. The fourth-order valence-electron chi connectivity index (χ4n) is 1.42. The molecule has 0 aliphatic carbocycles. The topological polar surface area (TPSA) is 125 Å². The molecule has 0 saturated carbocycles. The molecule has 0 spiro atoms. The third-order valence-corrected chi connectivity index (χ3v) is 2.21. The smallest absolute Gasteiger partial charge is 0.326 e. The van der Waals surface area contributed by atoms with Crippen molar-refractivity contribution in [1.29, 1.82) is 0 Å². The summed E-state index contributed by atoms with van der Waals surface area (Å²) in [5, 5.41) is 22.1. The average Bonchev–Trinajstić information content (AvgIpc) is 2.22. The summed E-state index contributed by atoms with van der Waals surface area (Å²) in [5.74, 6) is -2.39. The Hall–Kier alpha value is -1.83. The lowest BCUT2D eigenvalue weighted by molar-refractivity contribution is -0.140. The zero-order valence-corrected chi connectivity index (χ0v) is 11.2. The number of carboxylic acid groups (broad SMARTS) is 2. The second-order valence-corrected chi connectivity index (χ2v) is 4.74. The summed E-state index contributed by atoms with van der Waals surface area (Å²) in [6.07, 6.45) is -0.512. The molecule has 8 nitrogen and oxygen atoms in total. The van der Waals surface area contributed by atoms with Gasteiger partial charge < -0.3 is 25.6 Å². The maximum absolute atomic E-state index is 11.6. The maximum atomic E-state index is 11.6. The molecule has 0 aliphatic rings. The molecule has 1 unspecified atom stereocenters. The molecule has 19 heavy (non-hydrogen) atoms. The van der Waals surface area contributed by atoms with Gasteiger partial charge in [0.15, 0.2) is 0 Å². The molecule has 0 aromatic rings. The average molecular weight is 276 g/mol. The maximum Gasteiger partial charge on any atom is 0.326 e. The Bertz CT molecular complexity index is 342. The van der Waals surface area contributed by atoms with Crippen molar-refractivity contribution in [3.8, 4) is 0 Å². The molecule has 0 aromatic carbocycles.